The molecule has 0 aliphatic carbocycles. The second kappa shape index (κ2) is 5.11. The predicted molar refractivity (Wildman–Crippen MR) is 59.7 cm³/mol. The zero-order valence-corrected chi connectivity index (χ0v) is 9.55. The van der Waals surface area contributed by atoms with Crippen LogP contribution in [0.15, 0.2) is 15.7 Å². The normalized spacial score (nSPS) is 30.5. The molecule has 0 amide bonds. The van der Waals surface area contributed by atoms with E-state index in [0.29, 0.717) is 0 Å². The standard InChI is InChI=1S/C9H13N3O7/c13-2-3-6(15)7(16)8(19-3)12-4(11-18)1-5(14)10-9(12)17/h1,3,6-8,11,13,15-16,18H,2H2,(H,10,14,17)/t3-,6?,7?,8-/m0/s1. The fraction of sp³-hybridized carbons (Fsp3) is 0.556. The summed E-state index contributed by atoms with van der Waals surface area (Å²) in [7, 11) is 0. The van der Waals surface area contributed by atoms with Gasteiger partial charge in [-0.3, -0.25) is 20.5 Å². The number of H-pyrrole nitrogens is 1. The fourth-order valence-electron chi connectivity index (χ4n) is 1.94. The van der Waals surface area contributed by atoms with Crippen molar-refractivity contribution in [1.82, 2.24) is 9.55 Å². The number of hydrogen-bond donors (Lipinski definition) is 6. The van der Waals surface area contributed by atoms with Gasteiger partial charge in [0.05, 0.1) is 6.61 Å². The Morgan fingerprint density at radius 2 is 2.05 bits per heavy atom. The highest BCUT2D eigenvalue weighted by atomic mass is 16.6. The van der Waals surface area contributed by atoms with Gasteiger partial charge in [0.25, 0.3) is 5.56 Å². The number of nitrogens with zero attached hydrogens (tertiary/aromatic N) is 1. The maximum atomic E-state index is 11.7. The van der Waals surface area contributed by atoms with E-state index < -0.39 is 42.4 Å². The highest BCUT2D eigenvalue weighted by Crippen LogP contribution is 2.29. The highest BCUT2D eigenvalue weighted by Gasteiger charge is 2.44. The van der Waals surface area contributed by atoms with E-state index >= 15 is 0 Å². The lowest BCUT2D eigenvalue weighted by atomic mass is 10.1. The number of rotatable bonds is 3. The topological polar surface area (TPSA) is 157 Å². The molecule has 6 N–H and O–H groups in total. The predicted octanol–water partition coefficient (Wildman–Crippen LogP) is -3.05. The quantitative estimate of drug-likeness (QED) is 0.317. The van der Waals surface area contributed by atoms with Crippen LogP contribution in [0.4, 0.5) is 5.82 Å². The molecule has 1 saturated heterocycles. The minimum absolute atomic E-state index is 0.316. The van der Waals surface area contributed by atoms with E-state index in [1.165, 1.54) is 0 Å². The van der Waals surface area contributed by atoms with Crippen LogP contribution in [0.1, 0.15) is 6.23 Å². The van der Waals surface area contributed by atoms with E-state index in [0.717, 1.165) is 10.6 Å². The molecular formula is C9H13N3O7. The average Bonchev–Trinajstić information content (AvgIpc) is 2.65. The minimum Gasteiger partial charge on any atom is -0.394 e. The lowest BCUT2D eigenvalue weighted by Crippen LogP contribution is -2.39. The van der Waals surface area contributed by atoms with Gasteiger partial charge in [0, 0.05) is 6.07 Å². The van der Waals surface area contributed by atoms with Crippen LogP contribution in [0.5, 0.6) is 0 Å². The third-order valence-corrected chi connectivity index (χ3v) is 2.86. The van der Waals surface area contributed by atoms with Gasteiger partial charge in [-0.25, -0.2) is 9.36 Å². The highest BCUT2D eigenvalue weighted by molar-refractivity contribution is 5.31. The van der Waals surface area contributed by atoms with Crippen LogP contribution in [0.3, 0.4) is 0 Å². The molecule has 1 aromatic rings. The number of hydrogen-bond acceptors (Lipinski definition) is 8. The van der Waals surface area contributed by atoms with Gasteiger partial charge in [0.2, 0.25) is 0 Å². The Kier molecular flexibility index (Phi) is 3.68. The van der Waals surface area contributed by atoms with Crippen molar-refractivity contribution in [3.8, 4) is 0 Å². The molecule has 1 aliphatic rings. The molecule has 0 aromatic carbocycles. The maximum Gasteiger partial charge on any atom is 0.332 e. The minimum atomic E-state index is -1.51. The molecule has 10 nitrogen and oxygen atoms in total. The third-order valence-electron chi connectivity index (χ3n) is 2.86. The number of aliphatic hydroxyl groups is 3. The van der Waals surface area contributed by atoms with E-state index in [2.05, 4.69) is 0 Å². The van der Waals surface area contributed by atoms with E-state index in [4.69, 9.17) is 15.1 Å². The molecule has 1 aromatic heterocycles. The molecule has 2 heterocycles. The zero-order valence-electron chi connectivity index (χ0n) is 9.55. The Morgan fingerprint density at radius 3 is 2.58 bits per heavy atom. The molecule has 0 saturated carbocycles. The summed E-state index contributed by atoms with van der Waals surface area (Å²) >= 11 is 0. The molecule has 0 spiro atoms. The second-order valence-corrected chi connectivity index (χ2v) is 4.03. The van der Waals surface area contributed by atoms with Crippen LogP contribution in [0, 0.1) is 0 Å². The summed E-state index contributed by atoms with van der Waals surface area (Å²) in [5.74, 6) is -0.316. The number of anilines is 1. The van der Waals surface area contributed by atoms with Gasteiger partial charge < -0.3 is 20.1 Å². The number of aliphatic hydroxyl groups excluding tert-OH is 3. The summed E-state index contributed by atoms with van der Waals surface area (Å²) in [5, 5.41) is 37.2. The van der Waals surface area contributed by atoms with Gasteiger partial charge in [-0.05, 0) is 0 Å². The first-order chi connectivity index (χ1) is 8.99. The molecule has 2 unspecified atom stereocenters. The van der Waals surface area contributed by atoms with Gasteiger partial charge in [0.15, 0.2) is 6.23 Å². The molecule has 1 fully saturated rings. The summed E-state index contributed by atoms with van der Waals surface area (Å²) in [6, 6.07) is 0.871. The van der Waals surface area contributed by atoms with Crippen LogP contribution in [-0.4, -0.2) is 55.0 Å². The SMILES string of the molecule is O=c1cc(NO)n([C@H]2O[C@@H](CO)C(O)C2O)c(=O)[nH]1. The Hall–Kier alpha value is -1.72. The lowest BCUT2D eigenvalue weighted by Gasteiger charge is -2.19. The number of aromatic amines is 1. The van der Waals surface area contributed by atoms with Gasteiger partial charge in [-0.1, -0.05) is 0 Å². The smallest absolute Gasteiger partial charge is 0.332 e. The molecule has 0 bridgehead atoms. The molecule has 10 heteroatoms. The van der Waals surface area contributed by atoms with Crippen molar-refractivity contribution in [2.24, 2.45) is 0 Å². The van der Waals surface area contributed by atoms with Crippen molar-refractivity contribution < 1.29 is 25.3 Å². The first kappa shape index (κ1) is 13.7. The fourth-order valence-corrected chi connectivity index (χ4v) is 1.94. The summed E-state index contributed by atoms with van der Waals surface area (Å²) in [6.45, 7) is -0.561. The number of ether oxygens (including phenoxy) is 1. The molecule has 1 aliphatic heterocycles. The molecule has 106 valence electrons. The lowest BCUT2D eigenvalue weighted by molar-refractivity contribution is -0.0543. The largest absolute Gasteiger partial charge is 0.394 e. The summed E-state index contributed by atoms with van der Waals surface area (Å²) in [6.07, 6.45) is -5.34. The van der Waals surface area contributed by atoms with Crippen LogP contribution >= 0.6 is 0 Å². The van der Waals surface area contributed by atoms with E-state index in [9.17, 15) is 19.8 Å². The first-order valence-electron chi connectivity index (χ1n) is 5.38. The molecular weight excluding hydrogens is 262 g/mol. The van der Waals surface area contributed by atoms with Crippen LogP contribution in [-0.2, 0) is 4.74 Å². The van der Waals surface area contributed by atoms with Crippen molar-refractivity contribution in [3.05, 3.63) is 26.9 Å². The molecule has 4 atom stereocenters. The Labute approximate surface area is 105 Å². The maximum absolute atomic E-state index is 11.7. The van der Waals surface area contributed by atoms with Gasteiger partial charge in [-0.2, -0.15) is 0 Å². The molecule has 2 rings (SSSR count). The van der Waals surface area contributed by atoms with Crippen LogP contribution in [0.2, 0.25) is 0 Å². The molecule has 19 heavy (non-hydrogen) atoms. The Balaban J connectivity index is 2.48. The van der Waals surface area contributed by atoms with Gasteiger partial charge in [0.1, 0.15) is 24.1 Å². The average molecular weight is 275 g/mol. The van der Waals surface area contributed by atoms with Crippen molar-refractivity contribution in [1.29, 1.82) is 0 Å². The van der Waals surface area contributed by atoms with Crippen molar-refractivity contribution in [3.63, 3.8) is 0 Å². The van der Waals surface area contributed by atoms with E-state index in [-0.39, 0.29) is 5.82 Å². The Morgan fingerprint density at radius 1 is 1.37 bits per heavy atom. The summed E-state index contributed by atoms with van der Waals surface area (Å²) < 4.78 is 5.85. The van der Waals surface area contributed by atoms with Crippen LogP contribution < -0.4 is 16.7 Å². The van der Waals surface area contributed by atoms with Crippen molar-refractivity contribution in [2.45, 2.75) is 24.5 Å². The van der Waals surface area contributed by atoms with Crippen molar-refractivity contribution in [2.75, 3.05) is 12.1 Å². The van der Waals surface area contributed by atoms with E-state index in [1.54, 1.807) is 5.48 Å². The van der Waals surface area contributed by atoms with Crippen LogP contribution in [0.25, 0.3) is 0 Å². The zero-order chi connectivity index (χ0) is 14.2. The number of aromatic nitrogens is 2. The van der Waals surface area contributed by atoms with Gasteiger partial charge in [-0.15, -0.1) is 0 Å². The summed E-state index contributed by atoms with van der Waals surface area (Å²) in [5.41, 5.74) is -0.0751. The second-order valence-electron chi connectivity index (χ2n) is 4.03. The van der Waals surface area contributed by atoms with Crippen molar-refractivity contribution >= 4 is 5.82 Å². The summed E-state index contributed by atoms with van der Waals surface area (Å²) in [4.78, 5) is 24.7. The molecule has 0 radical (unpaired) electrons. The van der Waals surface area contributed by atoms with E-state index in [1.807, 2.05) is 4.98 Å². The Bertz CT molecular complexity index is 568. The van der Waals surface area contributed by atoms with Gasteiger partial charge >= 0.3 is 5.69 Å². The monoisotopic (exact) mass is 275 g/mol. The first-order valence-corrected chi connectivity index (χ1v) is 5.38. The third kappa shape index (κ3) is 2.27. The number of nitrogens with one attached hydrogen (secondary N) is 2.